The van der Waals surface area contributed by atoms with Gasteiger partial charge in [-0.05, 0) is 36.5 Å². The van der Waals surface area contributed by atoms with Gasteiger partial charge in [-0.25, -0.2) is 8.78 Å². The molecule has 0 fully saturated rings. The van der Waals surface area contributed by atoms with Crippen LogP contribution in [-0.4, -0.2) is 18.9 Å². The Labute approximate surface area is 127 Å². The van der Waals surface area contributed by atoms with E-state index in [1.54, 1.807) is 0 Å². The van der Waals surface area contributed by atoms with Crippen molar-refractivity contribution in [1.82, 2.24) is 10.6 Å². The second-order valence-electron chi connectivity index (χ2n) is 5.26. The average molecular weight is 308 g/mol. The summed E-state index contributed by atoms with van der Waals surface area (Å²) in [6, 6.07) is 2.10. The van der Waals surface area contributed by atoms with Crippen LogP contribution in [0, 0.1) is 17.6 Å². The minimum Gasteiger partial charge on any atom is -0.357 e. The fourth-order valence-corrected chi connectivity index (χ4v) is 2.46. The van der Waals surface area contributed by atoms with Crippen LogP contribution in [0.5, 0.6) is 0 Å². The van der Waals surface area contributed by atoms with E-state index in [9.17, 15) is 18.4 Å². The number of halogens is 2. The van der Waals surface area contributed by atoms with E-state index in [0.29, 0.717) is 0 Å². The maximum absolute atomic E-state index is 13.3. The molecule has 1 aliphatic rings. The number of carbonyl (C=O) groups is 2. The molecule has 22 heavy (non-hydrogen) atoms. The number of hydrogen-bond donors (Lipinski definition) is 2. The summed E-state index contributed by atoms with van der Waals surface area (Å²) in [7, 11) is 1.42. The Morgan fingerprint density at radius 1 is 1.32 bits per heavy atom. The molecule has 118 valence electrons. The summed E-state index contributed by atoms with van der Waals surface area (Å²) in [4.78, 5) is 24.0. The van der Waals surface area contributed by atoms with Crippen LogP contribution < -0.4 is 10.6 Å². The second-order valence-corrected chi connectivity index (χ2v) is 5.26. The van der Waals surface area contributed by atoms with Crippen molar-refractivity contribution in [3.63, 3.8) is 0 Å². The number of nitrogens with one attached hydrogen (secondary N) is 2. The highest BCUT2D eigenvalue weighted by molar-refractivity contribution is 5.88. The number of allylic oxidation sites excluding steroid dienone is 2. The van der Waals surface area contributed by atoms with Crippen molar-refractivity contribution in [2.45, 2.75) is 25.3 Å². The van der Waals surface area contributed by atoms with Crippen molar-refractivity contribution in [2.75, 3.05) is 7.05 Å². The topological polar surface area (TPSA) is 58.2 Å². The minimum atomic E-state index is -1.06. The first kappa shape index (κ1) is 16.1. The molecule has 2 N–H and O–H groups in total. The van der Waals surface area contributed by atoms with Gasteiger partial charge in [-0.3, -0.25) is 9.59 Å². The predicted octanol–water partition coefficient (Wildman–Crippen LogP) is 2.22. The molecule has 0 saturated carbocycles. The molecule has 0 saturated heterocycles. The van der Waals surface area contributed by atoms with Gasteiger partial charge >= 0.3 is 0 Å². The third-order valence-electron chi connectivity index (χ3n) is 3.65. The Balaban J connectivity index is 2.11. The average Bonchev–Trinajstić information content (AvgIpc) is 3.00. The van der Waals surface area contributed by atoms with Gasteiger partial charge in [0, 0.05) is 13.5 Å². The summed E-state index contributed by atoms with van der Waals surface area (Å²) in [5.74, 6) is -2.67. The third kappa shape index (κ3) is 3.90. The smallest absolute Gasteiger partial charge is 0.246 e. The molecule has 0 aliphatic heterocycles. The summed E-state index contributed by atoms with van der Waals surface area (Å²) in [6.45, 7) is 0. The van der Waals surface area contributed by atoms with Gasteiger partial charge in [0.05, 0.1) is 0 Å². The molecule has 4 nitrogen and oxygen atoms in total. The second kappa shape index (κ2) is 7.15. The first-order valence-electron chi connectivity index (χ1n) is 7.14. The largest absolute Gasteiger partial charge is 0.357 e. The molecule has 2 rings (SSSR count). The minimum absolute atomic E-state index is 0.162. The highest BCUT2D eigenvalue weighted by Gasteiger charge is 2.24. The number of hydrogen-bond acceptors (Lipinski definition) is 2. The summed E-state index contributed by atoms with van der Waals surface area (Å²) >= 11 is 0. The third-order valence-corrected chi connectivity index (χ3v) is 3.65. The Bertz CT molecular complexity index is 602. The standard InChI is InChI=1S/C16H18F2N2O2/c1-19-16(22)15(11-6-7-12(17)13(18)9-11)20-14(21)8-10-4-2-3-5-10/h2,4,6-7,9-10,15H,3,5,8H2,1H3,(H,19,22)(H,20,21). The molecule has 6 heteroatoms. The Kier molecular flexibility index (Phi) is 5.25. The van der Waals surface area contributed by atoms with Crippen LogP contribution in [0.15, 0.2) is 30.4 Å². The van der Waals surface area contributed by atoms with Crippen molar-refractivity contribution >= 4 is 11.8 Å². The van der Waals surface area contributed by atoms with Crippen molar-refractivity contribution in [1.29, 1.82) is 0 Å². The van der Waals surface area contributed by atoms with Gasteiger partial charge in [0.2, 0.25) is 11.8 Å². The van der Waals surface area contributed by atoms with Crippen molar-refractivity contribution in [3.8, 4) is 0 Å². The van der Waals surface area contributed by atoms with Crippen molar-refractivity contribution in [3.05, 3.63) is 47.5 Å². The van der Waals surface area contributed by atoms with Crippen LogP contribution in [0.2, 0.25) is 0 Å². The highest BCUT2D eigenvalue weighted by atomic mass is 19.2. The molecule has 0 radical (unpaired) electrons. The van der Waals surface area contributed by atoms with E-state index >= 15 is 0 Å². The number of carbonyl (C=O) groups excluding carboxylic acids is 2. The lowest BCUT2D eigenvalue weighted by molar-refractivity contribution is -0.129. The highest BCUT2D eigenvalue weighted by Crippen LogP contribution is 2.22. The number of likely N-dealkylation sites (N-methyl/N-ethyl adjacent to an activating group) is 1. The van der Waals surface area contributed by atoms with Crippen molar-refractivity contribution < 1.29 is 18.4 Å². The summed E-state index contributed by atoms with van der Waals surface area (Å²) in [6.07, 6.45) is 6.12. The SMILES string of the molecule is CNC(=O)C(NC(=O)CC1C=CCC1)c1ccc(F)c(F)c1. The van der Waals surface area contributed by atoms with E-state index in [1.807, 2.05) is 12.2 Å². The van der Waals surface area contributed by atoms with Gasteiger partial charge in [0.1, 0.15) is 6.04 Å². The quantitative estimate of drug-likeness (QED) is 0.820. The fraction of sp³-hybridized carbons (Fsp3) is 0.375. The van der Waals surface area contributed by atoms with E-state index in [-0.39, 0.29) is 23.8 Å². The van der Waals surface area contributed by atoms with E-state index in [4.69, 9.17) is 0 Å². The maximum Gasteiger partial charge on any atom is 0.246 e. The summed E-state index contributed by atoms with van der Waals surface area (Å²) in [5.41, 5.74) is 0.202. The molecule has 2 unspecified atom stereocenters. The molecule has 2 atom stereocenters. The van der Waals surface area contributed by atoms with Crippen LogP contribution in [-0.2, 0) is 9.59 Å². The van der Waals surface area contributed by atoms with Crippen LogP contribution in [0.1, 0.15) is 30.9 Å². The van der Waals surface area contributed by atoms with Crippen molar-refractivity contribution in [2.24, 2.45) is 5.92 Å². The van der Waals surface area contributed by atoms with E-state index < -0.39 is 23.6 Å². The van der Waals surface area contributed by atoms with Gasteiger partial charge < -0.3 is 10.6 Å². The van der Waals surface area contributed by atoms with E-state index in [0.717, 1.165) is 25.0 Å². The number of amides is 2. The zero-order valence-corrected chi connectivity index (χ0v) is 12.2. The molecular formula is C16H18F2N2O2. The fourth-order valence-electron chi connectivity index (χ4n) is 2.46. The molecule has 0 spiro atoms. The van der Waals surface area contributed by atoms with Gasteiger partial charge in [-0.15, -0.1) is 0 Å². The van der Waals surface area contributed by atoms with E-state index in [2.05, 4.69) is 10.6 Å². The molecule has 1 aliphatic carbocycles. The lowest BCUT2D eigenvalue weighted by Gasteiger charge is -2.19. The molecule has 1 aromatic rings. The zero-order chi connectivity index (χ0) is 16.1. The van der Waals surface area contributed by atoms with Crippen LogP contribution in [0.3, 0.4) is 0 Å². The first-order chi connectivity index (χ1) is 10.5. The van der Waals surface area contributed by atoms with Gasteiger partial charge in [0.25, 0.3) is 0 Å². The van der Waals surface area contributed by atoms with Crippen LogP contribution in [0.25, 0.3) is 0 Å². The lowest BCUT2D eigenvalue weighted by atomic mass is 10.0. The summed E-state index contributed by atoms with van der Waals surface area (Å²) in [5, 5.41) is 5.00. The molecule has 0 aromatic heterocycles. The van der Waals surface area contributed by atoms with Gasteiger partial charge in [0.15, 0.2) is 11.6 Å². The normalized spacial score (nSPS) is 18.0. The molecule has 0 bridgehead atoms. The summed E-state index contributed by atoms with van der Waals surface area (Å²) < 4.78 is 26.4. The van der Waals surface area contributed by atoms with Gasteiger partial charge in [-0.1, -0.05) is 18.2 Å². The predicted molar refractivity (Wildman–Crippen MR) is 77.8 cm³/mol. The first-order valence-corrected chi connectivity index (χ1v) is 7.14. The van der Waals surface area contributed by atoms with Gasteiger partial charge in [-0.2, -0.15) is 0 Å². The molecule has 1 aromatic carbocycles. The lowest BCUT2D eigenvalue weighted by Crippen LogP contribution is -2.39. The Hall–Kier alpha value is -2.24. The molecular weight excluding hydrogens is 290 g/mol. The van der Waals surface area contributed by atoms with Crippen LogP contribution >= 0.6 is 0 Å². The van der Waals surface area contributed by atoms with E-state index in [1.165, 1.54) is 13.1 Å². The zero-order valence-electron chi connectivity index (χ0n) is 12.2. The Morgan fingerprint density at radius 3 is 2.68 bits per heavy atom. The van der Waals surface area contributed by atoms with Crippen LogP contribution in [0.4, 0.5) is 8.78 Å². The number of rotatable bonds is 5. The monoisotopic (exact) mass is 308 g/mol. The Morgan fingerprint density at radius 2 is 2.09 bits per heavy atom. The maximum atomic E-state index is 13.3. The molecule has 2 amide bonds. The molecule has 0 heterocycles. The number of benzene rings is 1.